The van der Waals surface area contributed by atoms with Crippen LogP contribution in [0.1, 0.15) is 25.7 Å². The maximum Gasteiger partial charge on any atom is 0.268 e. The van der Waals surface area contributed by atoms with E-state index in [9.17, 15) is 0 Å². The van der Waals surface area contributed by atoms with E-state index in [-0.39, 0.29) is 0 Å². The summed E-state index contributed by atoms with van der Waals surface area (Å²) in [5, 5.41) is 0. The van der Waals surface area contributed by atoms with Crippen LogP contribution in [0, 0.1) is 0 Å². The molecule has 0 spiro atoms. The molecule has 0 unspecified atom stereocenters. The molecule has 0 aromatic carbocycles. The Morgan fingerprint density at radius 2 is 1.57 bits per heavy atom. The summed E-state index contributed by atoms with van der Waals surface area (Å²) < 4.78 is 4.02. The molecule has 0 N–H and O–H groups in total. The van der Waals surface area contributed by atoms with Crippen molar-refractivity contribution in [2.75, 3.05) is 0 Å². The molecule has 0 bridgehead atoms. The van der Waals surface area contributed by atoms with Crippen molar-refractivity contribution < 1.29 is 0 Å². The van der Waals surface area contributed by atoms with Crippen molar-refractivity contribution in [3.8, 4) is 0 Å². The minimum atomic E-state index is 1.18. The lowest BCUT2D eigenvalue weighted by Crippen LogP contribution is -1.73. The molecule has 0 aromatic rings. The van der Waals surface area contributed by atoms with Crippen LogP contribution < -0.4 is 4.67 Å². The van der Waals surface area contributed by atoms with Gasteiger partial charge in [0.1, 0.15) is 0 Å². The first kappa shape index (κ1) is 4.61. The normalized spacial score (nSPS) is 19.4. The van der Waals surface area contributed by atoms with Crippen molar-refractivity contribution in [1.82, 2.24) is 4.67 Å². The van der Waals surface area contributed by atoms with E-state index in [1.165, 1.54) is 25.7 Å². The highest BCUT2D eigenvalue weighted by Crippen LogP contribution is 1.95. The van der Waals surface area contributed by atoms with E-state index in [1.54, 1.807) is 0 Å². The molecule has 1 rings (SSSR count). The van der Waals surface area contributed by atoms with Crippen molar-refractivity contribution in [2.45, 2.75) is 25.7 Å². The van der Waals surface area contributed by atoms with Gasteiger partial charge in [-0.05, 0) is 12.8 Å². The summed E-state index contributed by atoms with van der Waals surface area (Å²) in [6.07, 6.45) is 8.98. The Kier molecular flexibility index (Phi) is 1.71. The Labute approximate surface area is 43.8 Å². The van der Waals surface area contributed by atoms with Crippen molar-refractivity contribution in [3.05, 3.63) is 0 Å². The minimum Gasteiger partial charge on any atom is -0.111 e. The van der Waals surface area contributed by atoms with Crippen molar-refractivity contribution >= 4 is 12.4 Å². The summed E-state index contributed by atoms with van der Waals surface area (Å²) in [7, 11) is 0. The van der Waals surface area contributed by atoms with Gasteiger partial charge in [0.05, 0.1) is 0 Å². The average molecular weight is 96.2 g/mol. The van der Waals surface area contributed by atoms with Crippen molar-refractivity contribution in [1.29, 1.82) is 0 Å². The largest absolute Gasteiger partial charge is 0.268 e. The molecule has 0 saturated carbocycles. The van der Waals surface area contributed by atoms with Gasteiger partial charge in [0.25, 0.3) is 12.4 Å². The quantitative estimate of drug-likeness (QED) is 0.395. The number of hydrogen-bond donors (Lipinski definition) is 0. The van der Waals surface area contributed by atoms with Gasteiger partial charge in [0.15, 0.2) is 0 Å². The van der Waals surface area contributed by atoms with Gasteiger partial charge in [-0.3, -0.25) is 0 Å². The van der Waals surface area contributed by atoms with Gasteiger partial charge < -0.3 is 0 Å². The van der Waals surface area contributed by atoms with Crippen LogP contribution in [0.2, 0.25) is 0 Å². The van der Waals surface area contributed by atoms with Crippen LogP contribution >= 0.6 is 0 Å². The van der Waals surface area contributed by atoms with E-state index in [0.29, 0.717) is 0 Å². The molecule has 7 heavy (non-hydrogen) atoms. The lowest BCUT2D eigenvalue weighted by molar-refractivity contribution is 0.814. The van der Waals surface area contributed by atoms with Crippen LogP contribution in [-0.4, -0.2) is 12.4 Å². The molecule has 0 aliphatic carbocycles. The molecule has 1 nitrogen and oxygen atoms in total. The number of hydrogen-bond acceptors (Lipinski definition) is 0. The Morgan fingerprint density at radius 3 is 2.14 bits per heavy atom. The molecular weight excluding hydrogens is 86.1 g/mol. The van der Waals surface area contributed by atoms with Crippen molar-refractivity contribution in [3.63, 3.8) is 0 Å². The molecule has 0 atom stereocenters. The number of nitrogens with zero attached hydrogens (tertiary/aromatic N) is 1. The molecule has 1 heterocycles. The predicted molar refractivity (Wildman–Crippen MR) is 32.7 cm³/mol. The van der Waals surface area contributed by atoms with Crippen LogP contribution in [0.25, 0.3) is 0 Å². The average Bonchev–Trinajstić information content (AvgIpc) is 1.90. The van der Waals surface area contributed by atoms with Gasteiger partial charge in [-0.2, -0.15) is 0 Å². The fourth-order valence-electron chi connectivity index (χ4n) is 0.695. The Morgan fingerprint density at radius 1 is 1.00 bits per heavy atom. The molecule has 0 fully saturated rings. The van der Waals surface area contributed by atoms with E-state index < -0.39 is 0 Å². The Balaban J connectivity index is 2.40. The highest BCUT2D eigenvalue weighted by molar-refractivity contribution is 5.66. The molecule has 1 aliphatic rings. The van der Waals surface area contributed by atoms with E-state index in [0.717, 1.165) is 0 Å². The van der Waals surface area contributed by atoms with Crippen LogP contribution in [0.3, 0.4) is 0 Å². The smallest absolute Gasteiger partial charge is 0.111 e. The maximum absolute atomic E-state index is 4.02. The Hall–Kier alpha value is -0.550. The number of rotatable bonds is 0. The Bertz CT molecular complexity index is 88.7. The molecule has 0 aromatic heterocycles. The fraction of sp³-hybridized carbons (Fsp3) is 0.667. The zero-order valence-electron chi connectivity index (χ0n) is 4.43. The standard InChI is InChI=1S/C6H10N/c1-2-4-6-7-5-3-1/h5-6H,1-4H2/q+1. The van der Waals surface area contributed by atoms with Gasteiger partial charge in [-0.25, -0.2) is 0 Å². The third kappa shape index (κ3) is 1.56. The fourth-order valence-corrected chi connectivity index (χ4v) is 0.695. The van der Waals surface area contributed by atoms with Crippen LogP contribution in [0.4, 0.5) is 0 Å². The lowest BCUT2D eigenvalue weighted by atomic mass is 10.2. The zero-order chi connectivity index (χ0) is 4.95. The topological polar surface area (TPSA) is 14.1 Å². The van der Waals surface area contributed by atoms with Crippen LogP contribution in [-0.2, 0) is 0 Å². The maximum atomic E-state index is 4.02. The van der Waals surface area contributed by atoms with Gasteiger partial charge in [-0.15, -0.1) is 4.67 Å². The molecule has 1 heteroatoms. The van der Waals surface area contributed by atoms with Gasteiger partial charge in [0.2, 0.25) is 0 Å². The molecule has 0 saturated heterocycles. The highest BCUT2D eigenvalue weighted by atomic mass is 14.5. The first-order valence-electron chi connectivity index (χ1n) is 2.83. The van der Waals surface area contributed by atoms with Gasteiger partial charge in [0, 0.05) is 12.8 Å². The lowest BCUT2D eigenvalue weighted by Gasteiger charge is -1.79. The third-order valence-electron chi connectivity index (χ3n) is 1.13. The highest BCUT2D eigenvalue weighted by Gasteiger charge is 1.93. The van der Waals surface area contributed by atoms with Gasteiger partial charge in [-0.1, -0.05) is 0 Å². The summed E-state index contributed by atoms with van der Waals surface area (Å²) in [6, 6.07) is 0. The van der Waals surface area contributed by atoms with Crippen molar-refractivity contribution in [2.24, 2.45) is 0 Å². The van der Waals surface area contributed by atoms with E-state index in [2.05, 4.69) is 4.67 Å². The minimum absolute atomic E-state index is 1.18. The molecule has 38 valence electrons. The third-order valence-corrected chi connectivity index (χ3v) is 1.13. The molecule has 0 amide bonds. The second kappa shape index (κ2) is 2.59. The monoisotopic (exact) mass is 96.1 g/mol. The van der Waals surface area contributed by atoms with E-state index in [4.69, 9.17) is 0 Å². The molecular formula is C6H10N+. The second-order valence-corrected chi connectivity index (χ2v) is 1.80. The summed E-state index contributed by atoms with van der Waals surface area (Å²) >= 11 is 0. The zero-order valence-corrected chi connectivity index (χ0v) is 4.43. The van der Waals surface area contributed by atoms with Crippen LogP contribution in [0.15, 0.2) is 0 Å². The van der Waals surface area contributed by atoms with E-state index >= 15 is 0 Å². The van der Waals surface area contributed by atoms with Crippen LogP contribution in [0.5, 0.6) is 0 Å². The second-order valence-electron chi connectivity index (χ2n) is 1.80. The molecule has 0 radical (unpaired) electrons. The van der Waals surface area contributed by atoms with Gasteiger partial charge >= 0.3 is 0 Å². The first-order valence-corrected chi connectivity index (χ1v) is 2.83. The summed E-state index contributed by atoms with van der Waals surface area (Å²) in [6.45, 7) is 0. The SMILES string of the molecule is C1=[N+]=CCCCC1. The predicted octanol–water partition coefficient (Wildman–Crippen LogP) is 0.769. The van der Waals surface area contributed by atoms with E-state index in [1.807, 2.05) is 12.4 Å². The summed E-state index contributed by atoms with van der Waals surface area (Å²) in [5.74, 6) is 0. The summed E-state index contributed by atoms with van der Waals surface area (Å²) in [4.78, 5) is 0. The first-order chi connectivity index (χ1) is 3.50. The summed E-state index contributed by atoms with van der Waals surface area (Å²) in [5.41, 5.74) is 0. The molecule has 1 aliphatic heterocycles.